The van der Waals surface area contributed by atoms with Gasteiger partial charge in [0.1, 0.15) is 6.04 Å². The summed E-state index contributed by atoms with van der Waals surface area (Å²) in [6.45, 7) is 2.56. The Labute approximate surface area is 116 Å². The van der Waals surface area contributed by atoms with Crippen LogP contribution in [-0.4, -0.2) is 34.5 Å². The molecule has 0 radical (unpaired) electrons. The van der Waals surface area contributed by atoms with Crippen molar-refractivity contribution < 1.29 is 14.7 Å². The Hall–Kier alpha value is -1.36. The van der Waals surface area contributed by atoms with E-state index in [0.29, 0.717) is 17.3 Å². The van der Waals surface area contributed by atoms with Crippen LogP contribution in [-0.2, 0) is 4.79 Å². The number of fused-ring (bicyclic) bond motifs is 1. The van der Waals surface area contributed by atoms with Crippen molar-refractivity contribution in [2.45, 2.75) is 32.2 Å². The second-order valence-electron chi connectivity index (χ2n) is 5.51. The second kappa shape index (κ2) is 4.63. The van der Waals surface area contributed by atoms with Crippen LogP contribution in [0.5, 0.6) is 0 Å². The maximum Gasteiger partial charge on any atom is 0.326 e. The minimum Gasteiger partial charge on any atom is -0.480 e. The fraction of sp³-hybridized carbons (Fsp3) is 0.571. The number of nitrogens with zero attached hydrogens (tertiary/aromatic N) is 1. The Morgan fingerprint density at radius 1 is 1.37 bits per heavy atom. The summed E-state index contributed by atoms with van der Waals surface area (Å²) >= 11 is 1.44. The molecule has 1 aliphatic carbocycles. The lowest BCUT2D eigenvalue weighted by molar-refractivity contribution is -0.142. The Bertz CT molecular complexity index is 525. The van der Waals surface area contributed by atoms with E-state index in [1.807, 2.05) is 13.0 Å². The maximum atomic E-state index is 12.5. The summed E-state index contributed by atoms with van der Waals surface area (Å²) in [5.41, 5.74) is 0. The van der Waals surface area contributed by atoms with Gasteiger partial charge in [0.25, 0.3) is 5.91 Å². The van der Waals surface area contributed by atoms with Gasteiger partial charge in [0, 0.05) is 11.4 Å². The minimum atomic E-state index is -0.851. The van der Waals surface area contributed by atoms with E-state index in [1.54, 1.807) is 11.0 Å². The summed E-state index contributed by atoms with van der Waals surface area (Å²) in [5, 5.41) is 9.44. The number of carboxylic acid groups (broad SMARTS) is 1. The van der Waals surface area contributed by atoms with Crippen LogP contribution in [0, 0.1) is 18.8 Å². The van der Waals surface area contributed by atoms with Crippen molar-refractivity contribution in [2.75, 3.05) is 6.54 Å². The molecule has 3 unspecified atom stereocenters. The van der Waals surface area contributed by atoms with Crippen molar-refractivity contribution in [3.05, 3.63) is 21.9 Å². The molecule has 1 N–H and O–H groups in total. The predicted molar refractivity (Wildman–Crippen MR) is 72.3 cm³/mol. The van der Waals surface area contributed by atoms with Crippen molar-refractivity contribution in [1.29, 1.82) is 0 Å². The molecule has 0 spiro atoms. The highest BCUT2D eigenvalue weighted by atomic mass is 32.1. The summed E-state index contributed by atoms with van der Waals surface area (Å²) in [6, 6.07) is 3.09. The molecule has 5 heteroatoms. The van der Waals surface area contributed by atoms with E-state index >= 15 is 0 Å². The molecule has 102 valence electrons. The third kappa shape index (κ3) is 2.06. The number of hydrogen-bond donors (Lipinski definition) is 1. The molecule has 1 amide bonds. The van der Waals surface area contributed by atoms with Gasteiger partial charge in [0.05, 0.1) is 4.88 Å². The normalized spacial score (nSPS) is 29.5. The Kier molecular flexibility index (Phi) is 3.09. The highest BCUT2D eigenvalue weighted by Crippen LogP contribution is 2.43. The quantitative estimate of drug-likeness (QED) is 0.904. The lowest BCUT2D eigenvalue weighted by atomic mass is 9.94. The number of carbonyl (C=O) groups is 2. The van der Waals surface area contributed by atoms with Gasteiger partial charge in [0.2, 0.25) is 0 Å². The molecule has 1 saturated heterocycles. The van der Waals surface area contributed by atoms with Crippen molar-refractivity contribution in [3.63, 3.8) is 0 Å². The van der Waals surface area contributed by atoms with Crippen molar-refractivity contribution in [2.24, 2.45) is 11.8 Å². The number of likely N-dealkylation sites (tertiary alicyclic amines) is 1. The second-order valence-corrected chi connectivity index (χ2v) is 6.79. The smallest absolute Gasteiger partial charge is 0.326 e. The highest BCUT2D eigenvalue weighted by molar-refractivity contribution is 7.13. The molecule has 19 heavy (non-hydrogen) atoms. The summed E-state index contributed by atoms with van der Waals surface area (Å²) in [4.78, 5) is 27.3. The number of aryl methyl sites for hydroxylation is 1. The van der Waals surface area contributed by atoms with Crippen LogP contribution in [0.25, 0.3) is 0 Å². The average Bonchev–Trinajstić information content (AvgIpc) is 3.00. The fourth-order valence-corrected chi connectivity index (χ4v) is 4.35. The van der Waals surface area contributed by atoms with E-state index in [0.717, 1.165) is 24.1 Å². The van der Waals surface area contributed by atoms with Crippen LogP contribution in [0.3, 0.4) is 0 Å². The zero-order chi connectivity index (χ0) is 13.6. The number of aliphatic carboxylic acids is 1. The highest BCUT2D eigenvalue weighted by Gasteiger charge is 2.49. The molecule has 3 atom stereocenters. The van der Waals surface area contributed by atoms with Crippen LogP contribution in [0.4, 0.5) is 0 Å². The molecule has 0 bridgehead atoms. The summed E-state index contributed by atoms with van der Waals surface area (Å²) < 4.78 is 0. The van der Waals surface area contributed by atoms with E-state index in [1.165, 1.54) is 11.3 Å². The topological polar surface area (TPSA) is 57.6 Å². The fourth-order valence-electron chi connectivity index (χ4n) is 3.52. The average molecular weight is 279 g/mol. The predicted octanol–water partition coefficient (Wildman–Crippen LogP) is 2.38. The first-order chi connectivity index (χ1) is 9.08. The molecule has 2 aliphatic rings. The van der Waals surface area contributed by atoms with Gasteiger partial charge in [-0.3, -0.25) is 4.79 Å². The largest absolute Gasteiger partial charge is 0.480 e. The number of rotatable bonds is 2. The van der Waals surface area contributed by atoms with Crippen LogP contribution in [0.1, 0.15) is 33.8 Å². The van der Waals surface area contributed by atoms with Crippen LogP contribution in [0.15, 0.2) is 12.1 Å². The standard InChI is InChI=1S/C14H17NO3S/c1-8-5-6-11(19-8)13(16)15-7-9-3-2-4-10(9)12(15)14(17)18/h5-6,9-10,12H,2-4,7H2,1H3,(H,17,18). The van der Waals surface area contributed by atoms with Gasteiger partial charge < -0.3 is 10.0 Å². The lowest BCUT2D eigenvalue weighted by Crippen LogP contribution is -2.43. The number of hydrogen-bond acceptors (Lipinski definition) is 3. The van der Waals surface area contributed by atoms with E-state index < -0.39 is 12.0 Å². The van der Waals surface area contributed by atoms with Gasteiger partial charge in [-0.1, -0.05) is 6.42 Å². The van der Waals surface area contributed by atoms with Crippen LogP contribution in [0.2, 0.25) is 0 Å². The number of amides is 1. The Morgan fingerprint density at radius 2 is 2.16 bits per heavy atom. The molecule has 1 saturated carbocycles. The van der Waals surface area contributed by atoms with Crippen molar-refractivity contribution >= 4 is 23.2 Å². The third-order valence-corrected chi connectivity index (χ3v) is 5.34. The number of carboxylic acids is 1. The molecule has 2 heterocycles. The molecule has 2 fully saturated rings. The van der Waals surface area contributed by atoms with E-state index in [9.17, 15) is 14.7 Å². The van der Waals surface area contributed by atoms with Crippen molar-refractivity contribution in [1.82, 2.24) is 4.90 Å². The molecule has 1 aliphatic heterocycles. The minimum absolute atomic E-state index is 0.111. The Morgan fingerprint density at radius 3 is 2.79 bits per heavy atom. The molecule has 0 aromatic carbocycles. The van der Waals surface area contributed by atoms with Gasteiger partial charge in [-0.15, -0.1) is 11.3 Å². The summed E-state index contributed by atoms with van der Waals surface area (Å²) in [6.07, 6.45) is 3.09. The van der Waals surface area contributed by atoms with Crippen LogP contribution < -0.4 is 0 Å². The van der Waals surface area contributed by atoms with Gasteiger partial charge in [-0.2, -0.15) is 0 Å². The van der Waals surface area contributed by atoms with Crippen molar-refractivity contribution in [3.8, 4) is 0 Å². The first kappa shape index (κ1) is 12.7. The first-order valence-corrected chi connectivity index (χ1v) is 7.50. The van der Waals surface area contributed by atoms with Gasteiger partial charge in [-0.05, 0) is 43.7 Å². The maximum absolute atomic E-state index is 12.5. The van der Waals surface area contributed by atoms with Gasteiger partial charge >= 0.3 is 5.97 Å². The monoisotopic (exact) mass is 279 g/mol. The molecule has 1 aromatic rings. The number of thiophene rings is 1. The van der Waals surface area contributed by atoms with Crippen LogP contribution >= 0.6 is 11.3 Å². The zero-order valence-corrected chi connectivity index (χ0v) is 11.7. The molecule has 1 aromatic heterocycles. The number of carbonyl (C=O) groups excluding carboxylic acids is 1. The van der Waals surface area contributed by atoms with E-state index in [-0.39, 0.29) is 11.8 Å². The zero-order valence-electron chi connectivity index (χ0n) is 10.8. The molecular formula is C14H17NO3S. The lowest BCUT2D eigenvalue weighted by Gasteiger charge is -2.23. The molecule has 3 rings (SSSR count). The Balaban J connectivity index is 1.87. The molecular weight excluding hydrogens is 262 g/mol. The first-order valence-electron chi connectivity index (χ1n) is 6.68. The summed E-state index contributed by atoms with van der Waals surface area (Å²) in [7, 11) is 0. The van der Waals surface area contributed by atoms with Gasteiger partial charge in [-0.25, -0.2) is 4.79 Å². The molecule has 4 nitrogen and oxygen atoms in total. The van der Waals surface area contributed by atoms with E-state index in [2.05, 4.69) is 0 Å². The van der Waals surface area contributed by atoms with Gasteiger partial charge in [0.15, 0.2) is 0 Å². The SMILES string of the molecule is Cc1ccc(C(=O)N2CC3CCCC3C2C(=O)O)s1. The van der Waals surface area contributed by atoms with E-state index in [4.69, 9.17) is 0 Å². The third-order valence-electron chi connectivity index (χ3n) is 4.36. The summed E-state index contributed by atoms with van der Waals surface area (Å²) in [5.74, 6) is -0.426.